The van der Waals surface area contributed by atoms with E-state index in [9.17, 15) is 9.90 Å². The molecule has 0 aliphatic rings. The van der Waals surface area contributed by atoms with Gasteiger partial charge in [-0.1, -0.05) is 6.07 Å². The van der Waals surface area contributed by atoms with Crippen molar-refractivity contribution >= 4 is 11.8 Å². The number of likely N-dealkylation sites (N-methyl/N-ethyl adjacent to an activating group) is 1. The molecule has 0 amide bonds. The topological polar surface area (TPSA) is 66.3 Å². The van der Waals surface area contributed by atoms with Crippen LogP contribution in [-0.2, 0) is 6.42 Å². The van der Waals surface area contributed by atoms with Gasteiger partial charge in [0.25, 0.3) is 0 Å². The number of aromatic nitrogens is 2. The number of pyridine rings is 2. The van der Waals surface area contributed by atoms with E-state index in [4.69, 9.17) is 0 Å². The van der Waals surface area contributed by atoms with Crippen molar-refractivity contribution in [2.24, 2.45) is 0 Å². The van der Waals surface area contributed by atoms with Crippen molar-refractivity contribution in [1.82, 2.24) is 9.97 Å². The summed E-state index contributed by atoms with van der Waals surface area (Å²) >= 11 is 0. The van der Waals surface area contributed by atoms with Gasteiger partial charge in [-0.05, 0) is 37.6 Å². The fraction of sp³-hybridized carbons (Fsp3) is 0.312. The quantitative estimate of drug-likeness (QED) is 0.914. The molecule has 2 aromatic rings. The molecule has 0 aliphatic heterocycles. The second kappa shape index (κ2) is 6.35. The third-order valence-electron chi connectivity index (χ3n) is 3.33. The second-order valence-electron chi connectivity index (χ2n) is 5.08. The van der Waals surface area contributed by atoms with Crippen molar-refractivity contribution in [1.29, 1.82) is 0 Å². The van der Waals surface area contributed by atoms with E-state index in [1.54, 1.807) is 19.2 Å². The van der Waals surface area contributed by atoms with E-state index in [1.807, 2.05) is 37.1 Å². The van der Waals surface area contributed by atoms with Gasteiger partial charge in [-0.2, -0.15) is 0 Å². The van der Waals surface area contributed by atoms with E-state index >= 15 is 0 Å². The molecule has 110 valence electrons. The van der Waals surface area contributed by atoms with Crippen LogP contribution in [0.3, 0.4) is 0 Å². The summed E-state index contributed by atoms with van der Waals surface area (Å²) in [6.07, 6.45) is 2.50. The number of hydrogen-bond acceptors (Lipinski definition) is 4. The largest absolute Gasteiger partial charge is 0.478 e. The minimum Gasteiger partial charge on any atom is -0.478 e. The second-order valence-corrected chi connectivity index (χ2v) is 5.08. The van der Waals surface area contributed by atoms with Crippen molar-refractivity contribution in [3.05, 3.63) is 53.0 Å². The molecule has 0 saturated heterocycles. The summed E-state index contributed by atoms with van der Waals surface area (Å²) < 4.78 is 0. The van der Waals surface area contributed by atoms with E-state index in [2.05, 4.69) is 9.97 Å². The Morgan fingerprint density at radius 3 is 2.71 bits per heavy atom. The van der Waals surface area contributed by atoms with Gasteiger partial charge in [-0.25, -0.2) is 9.78 Å². The highest BCUT2D eigenvalue weighted by molar-refractivity contribution is 5.95. The molecule has 5 heteroatoms. The molecule has 2 rings (SSSR count). The van der Waals surface area contributed by atoms with Crippen LogP contribution in [0.2, 0.25) is 0 Å². The fourth-order valence-electron chi connectivity index (χ4n) is 2.29. The first-order valence-electron chi connectivity index (χ1n) is 6.81. The van der Waals surface area contributed by atoms with Gasteiger partial charge in [0.1, 0.15) is 11.4 Å². The normalized spacial score (nSPS) is 10.4. The number of carbonyl (C=O) groups is 1. The Kier molecular flexibility index (Phi) is 4.52. The maximum Gasteiger partial charge on any atom is 0.339 e. The molecule has 0 aliphatic carbocycles. The predicted molar refractivity (Wildman–Crippen MR) is 81.9 cm³/mol. The summed E-state index contributed by atoms with van der Waals surface area (Å²) in [5.41, 5.74) is 2.79. The summed E-state index contributed by atoms with van der Waals surface area (Å²) in [5, 5.41) is 9.39. The zero-order chi connectivity index (χ0) is 15.4. The number of aromatic carboxylic acids is 1. The summed E-state index contributed by atoms with van der Waals surface area (Å²) in [7, 11) is 1.86. The summed E-state index contributed by atoms with van der Waals surface area (Å²) in [6, 6.07) is 7.57. The van der Waals surface area contributed by atoms with Gasteiger partial charge in [0.2, 0.25) is 0 Å². The maximum absolute atomic E-state index is 11.5. The van der Waals surface area contributed by atoms with Gasteiger partial charge in [0, 0.05) is 37.6 Å². The van der Waals surface area contributed by atoms with Crippen LogP contribution >= 0.6 is 0 Å². The molecular weight excluding hydrogens is 266 g/mol. The molecule has 0 saturated carbocycles. The molecule has 2 heterocycles. The molecule has 0 radical (unpaired) electrons. The number of rotatable bonds is 5. The van der Waals surface area contributed by atoms with Crippen LogP contribution in [0.1, 0.15) is 27.3 Å². The lowest BCUT2D eigenvalue weighted by Gasteiger charge is -2.21. The van der Waals surface area contributed by atoms with Crippen LogP contribution in [0.5, 0.6) is 0 Å². The molecular formula is C16H19N3O2. The first-order valence-corrected chi connectivity index (χ1v) is 6.81. The third kappa shape index (κ3) is 3.56. The molecule has 5 nitrogen and oxygen atoms in total. The van der Waals surface area contributed by atoms with Crippen molar-refractivity contribution < 1.29 is 9.90 Å². The molecule has 1 N–H and O–H groups in total. The van der Waals surface area contributed by atoms with E-state index in [-0.39, 0.29) is 5.56 Å². The minimum atomic E-state index is -0.945. The molecule has 0 atom stereocenters. The maximum atomic E-state index is 11.5. The zero-order valence-electron chi connectivity index (χ0n) is 12.5. The predicted octanol–water partition coefficient (Wildman–Crippen LogP) is 2.47. The van der Waals surface area contributed by atoms with Gasteiger partial charge < -0.3 is 10.0 Å². The highest BCUT2D eigenvalue weighted by Crippen LogP contribution is 2.22. The Morgan fingerprint density at radius 1 is 1.33 bits per heavy atom. The first kappa shape index (κ1) is 15.0. The molecule has 21 heavy (non-hydrogen) atoms. The Balaban J connectivity index is 2.22. The summed E-state index contributed by atoms with van der Waals surface area (Å²) in [6.45, 7) is 4.33. The van der Waals surface area contributed by atoms with E-state index in [0.29, 0.717) is 12.4 Å². The average Bonchev–Trinajstić information content (AvgIpc) is 2.44. The van der Waals surface area contributed by atoms with Crippen LogP contribution in [-0.4, -0.2) is 34.6 Å². The monoisotopic (exact) mass is 285 g/mol. The molecule has 2 aromatic heterocycles. The summed E-state index contributed by atoms with van der Waals surface area (Å²) in [5.74, 6) is -0.435. The number of hydrogen-bond donors (Lipinski definition) is 1. The lowest BCUT2D eigenvalue weighted by molar-refractivity contribution is 0.0696. The molecule has 0 aromatic carbocycles. The first-order chi connectivity index (χ1) is 9.99. The number of anilines is 1. The van der Waals surface area contributed by atoms with Crippen LogP contribution in [0.15, 0.2) is 30.5 Å². The zero-order valence-corrected chi connectivity index (χ0v) is 12.5. The van der Waals surface area contributed by atoms with E-state index < -0.39 is 5.97 Å². The Bertz CT molecular complexity index is 641. The van der Waals surface area contributed by atoms with Crippen LogP contribution in [0.25, 0.3) is 0 Å². The smallest absolute Gasteiger partial charge is 0.339 e. The van der Waals surface area contributed by atoms with Crippen molar-refractivity contribution in [3.8, 4) is 0 Å². The van der Waals surface area contributed by atoms with Crippen LogP contribution in [0, 0.1) is 13.8 Å². The Labute approximate surface area is 124 Å². The van der Waals surface area contributed by atoms with Crippen molar-refractivity contribution in [2.75, 3.05) is 18.5 Å². The summed E-state index contributed by atoms with van der Waals surface area (Å²) in [4.78, 5) is 22.0. The van der Waals surface area contributed by atoms with Gasteiger partial charge >= 0.3 is 5.97 Å². The van der Waals surface area contributed by atoms with E-state index in [1.165, 1.54) is 0 Å². The third-order valence-corrected chi connectivity index (χ3v) is 3.33. The van der Waals surface area contributed by atoms with Crippen molar-refractivity contribution in [2.45, 2.75) is 20.3 Å². The highest BCUT2D eigenvalue weighted by Gasteiger charge is 2.18. The number of carboxylic acid groups (broad SMARTS) is 1. The van der Waals surface area contributed by atoms with Crippen LogP contribution < -0.4 is 4.90 Å². The molecule has 0 spiro atoms. The van der Waals surface area contributed by atoms with Crippen molar-refractivity contribution in [3.63, 3.8) is 0 Å². The SMILES string of the molecule is Cc1cc(C)c(C(=O)O)c(N(C)CCc2ccccn2)n1. The highest BCUT2D eigenvalue weighted by atomic mass is 16.4. The van der Waals surface area contributed by atoms with Gasteiger partial charge in [0.05, 0.1) is 0 Å². The van der Waals surface area contributed by atoms with E-state index in [0.717, 1.165) is 23.4 Å². The molecule has 0 bridgehead atoms. The Morgan fingerprint density at radius 2 is 2.10 bits per heavy atom. The lowest BCUT2D eigenvalue weighted by Crippen LogP contribution is -2.25. The van der Waals surface area contributed by atoms with Gasteiger partial charge in [-0.15, -0.1) is 0 Å². The fourth-order valence-corrected chi connectivity index (χ4v) is 2.29. The van der Waals surface area contributed by atoms with Gasteiger partial charge in [0.15, 0.2) is 0 Å². The number of nitrogens with zero attached hydrogens (tertiary/aromatic N) is 3. The Hall–Kier alpha value is -2.43. The molecule has 0 fully saturated rings. The average molecular weight is 285 g/mol. The number of aryl methyl sites for hydroxylation is 2. The number of carboxylic acids is 1. The van der Waals surface area contributed by atoms with Crippen LogP contribution in [0.4, 0.5) is 5.82 Å². The standard InChI is InChI=1S/C16H19N3O2/c1-11-10-12(2)18-15(14(11)16(20)21)19(3)9-7-13-6-4-5-8-17-13/h4-6,8,10H,7,9H2,1-3H3,(H,20,21). The minimum absolute atomic E-state index is 0.268. The lowest BCUT2D eigenvalue weighted by atomic mass is 10.1. The molecule has 0 unspecified atom stereocenters. The van der Waals surface area contributed by atoms with Gasteiger partial charge in [-0.3, -0.25) is 4.98 Å².